The van der Waals surface area contributed by atoms with Crippen molar-refractivity contribution in [3.8, 4) is 0 Å². The van der Waals surface area contributed by atoms with Gasteiger partial charge in [-0.2, -0.15) is 0 Å². The van der Waals surface area contributed by atoms with Crippen molar-refractivity contribution in [3.63, 3.8) is 0 Å². The molecule has 2 N–H and O–H groups in total. The average molecular weight is 246 g/mol. The Morgan fingerprint density at radius 1 is 1.33 bits per heavy atom. The Labute approximate surface area is 111 Å². The van der Waals surface area contributed by atoms with Gasteiger partial charge in [0.25, 0.3) is 0 Å². The predicted molar refractivity (Wildman–Crippen MR) is 79.1 cm³/mol. The van der Waals surface area contributed by atoms with E-state index < -0.39 is 0 Å². The summed E-state index contributed by atoms with van der Waals surface area (Å²) >= 11 is 0. The summed E-state index contributed by atoms with van der Waals surface area (Å²) in [5, 5.41) is 0. The van der Waals surface area contributed by atoms with Crippen LogP contribution in [0.3, 0.4) is 0 Å². The molecule has 2 nitrogen and oxygen atoms in total. The third-order valence-electron chi connectivity index (χ3n) is 5.15. The predicted octanol–water partition coefficient (Wildman–Crippen LogP) is 3.26. The van der Waals surface area contributed by atoms with Gasteiger partial charge in [0.15, 0.2) is 0 Å². The number of rotatable bonds is 4. The van der Waals surface area contributed by atoms with E-state index in [0.717, 1.165) is 0 Å². The molecule has 0 amide bonds. The topological polar surface area (TPSA) is 29.3 Å². The lowest BCUT2D eigenvalue weighted by Gasteiger charge is -2.45. The molecule has 0 aliphatic heterocycles. The summed E-state index contributed by atoms with van der Waals surface area (Å²) in [5.41, 5.74) is 10.5. The summed E-state index contributed by atoms with van der Waals surface area (Å²) in [6.07, 6.45) is 2.58. The van der Waals surface area contributed by atoms with Gasteiger partial charge in [0.2, 0.25) is 0 Å². The fourth-order valence-electron chi connectivity index (χ4n) is 2.96. The van der Waals surface area contributed by atoms with Crippen molar-refractivity contribution in [1.82, 2.24) is 0 Å². The van der Waals surface area contributed by atoms with Gasteiger partial charge in [0, 0.05) is 19.3 Å². The van der Waals surface area contributed by atoms with Crippen molar-refractivity contribution in [2.24, 2.45) is 11.1 Å². The lowest BCUT2D eigenvalue weighted by Crippen LogP contribution is -2.56. The molecule has 2 heteroatoms. The minimum absolute atomic E-state index is 0.0486. The molecule has 0 spiro atoms. The standard InChI is InChI=1S/C16H26N2/c1-12-6-7-14(13(2)10-12)18(5)16(4,11-17)15(3)8-9-15/h6-7,10H,8-9,11,17H2,1-5H3. The zero-order valence-electron chi connectivity index (χ0n) is 12.4. The number of hydrogen-bond donors (Lipinski definition) is 1. The van der Waals surface area contributed by atoms with Crippen LogP contribution in [0.1, 0.15) is 37.8 Å². The van der Waals surface area contributed by atoms with Crippen LogP contribution in [0.25, 0.3) is 0 Å². The van der Waals surface area contributed by atoms with E-state index in [0.29, 0.717) is 12.0 Å². The van der Waals surface area contributed by atoms with Crippen LogP contribution in [0.4, 0.5) is 5.69 Å². The summed E-state index contributed by atoms with van der Waals surface area (Å²) in [6, 6.07) is 6.66. The Hall–Kier alpha value is -1.02. The van der Waals surface area contributed by atoms with Crippen LogP contribution in [0, 0.1) is 19.3 Å². The van der Waals surface area contributed by atoms with Crippen LogP contribution >= 0.6 is 0 Å². The first-order valence-electron chi connectivity index (χ1n) is 6.85. The number of nitrogens with zero attached hydrogens (tertiary/aromatic N) is 1. The number of benzene rings is 1. The molecule has 1 fully saturated rings. The van der Waals surface area contributed by atoms with Crippen LogP contribution < -0.4 is 10.6 Å². The first-order valence-corrected chi connectivity index (χ1v) is 6.85. The summed E-state index contributed by atoms with van der Waals surface area (Å²) in [7, 11) is 2.19. The molecule has 1 aliphatic rings. The molecule has 1 saturated carbocycles. The van der Waals surface area contributed by atoms with Crippen LogP contribution in [-0.4, -0.2) is 19.1 Å². The summed E-state index contributed by atoms with van der Waals surface area (Å²) < 4.78 is 0. The first-order chi connectivity index (χ1) is 8.34. The highest BCUT2D eigenvalue weighted by atomic mass is 15.2. The van der Waals surface area contributed by atoms with Gasteiger partial charge in [-0.3, -0.25) is 0 Å². The summed E-state index contributed by atoms with van der Waals surface area (Å²) in [6.45, 7) is 9.69. The van der Waals surface area contributed by atoms with Gasteiger partial charge in [0.1, 0.15) is 0 Å². The Bertz CT molecular complexity index is 448. The largest absolute Gasteiger partial charge is 0.367 e. The molecule has 18 heavy (non-hydrogen) atoms. The average Bonchev–Trinajstić information content (AvgIpc) is 3.07. The van der Waals surface area contributed by atoms with E-state index >= 15 is 0 Å². The van der Waals surface area contributed by atoms with Crippen molar-refractivity contribution in [1.29, 1.82) is 0 Å². The second kappa shape index (κ2) is 4.27. The molecule has 1 aromatic carbocycles. The number of nitrogens with two attached hydrogens (primary N) is 1. The van der Waals surface area contributed by atoms with E-state index in [4.69, 9.17) is 5.73 Å². The highest BCUT2D eigenvalue weighted by molar-refractivity contribution is 5.56. The second-order valence-corrected chi connectivity index (χ2v) is 6.39. The van der Waals surface area contributed by atoms with Gasteiger partial charge in [0.05, 0.1) is 5.54 Å². The second-order valence-electron chi connectivity index (χ2n) is 6.39. The van der Waals surface area contributed by atoms with E-state index in [-0.39, 0.29) is 5.54 Å². The van der Waals surface area contributed by atoms with Gasteiger partial charge < -0.3 is 10.6 Å². The Morgan fingerprint density at radius 2 is 1.94 bits per heavy atom. The molecule has 1 atom stereocenters. The third-order valence-corrected chi connectivity index (χ3v) is 5.15. The van der Waals surface area contributed by atoms with E-state index in [1.54, 1.807) is 0 Å². The number of anilines is 1. The Balaban J connectivity index is 2.37. The van der Waals surface area contributed by atoms with Gasteiger partial charge in [-0.1, -0.05) is 24.6 Å². The van der Waals surface area contributed by atoms with Crippen molar-refractivity contribution in [3.05, 3.63) is 29.3 Å². The smallest absolute Gasteiger partial charge is 0.0546 e. The van der Waals surface area contributed by atoms with Crippen LogP contribution in [0.15, 0.2) is 18.2 Å². The maximum Gasteiger partial charge on any atom is 0.0546 e. The van der Waals surface area contributed by atoms with E-state index in [9.17, 15) is 0 Å². The van der Waals surface area contributed by atoms with Crippen molar-refractivity contribution in [2.75, 3.05) is 18.5 Å². The molecule has 1 aromatic rings. The number of likely N-dealkylation sites (N-methyl/N-ethyl adjacent to an activating group) is 1. The van der Waals surface area contributed by atoms with Gasteiger partial charge in [-0.05, 0) is 50.7 Å². The monoisotopic (exact) mass is 246 g/mol. The first kappa shape index (κ1) is 13.4. The molecule has 100 valence electrons. The SMILES string of the molecule is Cc1ccc(N(C)C(C)(CN)C2(C)CC2)c(C)c1. The molecule has 0 aromatic heterocycles. The maximum absolute atomic E-state index is 6.11. The molecule has 1 aliphatic carbocycles. The fourth-order valence-corrected chi connectivity index (χ4v) is 2.96. The number of aryl methyl sites for hydroxylation is 2. The van der Waals surface area contributed by atoms with Gasteiger partial charge in [-0.25, -0.2) is 0 Å². The molecule has 0 bridgehead atoms. The summed E-state index contributed by atoms with van der Waals surface area (Å²) in [4.78, 5) is 2.40. The molecule has 0 radical (unpaired) electrons. The maximum atomic E-state index is 6.11. The summed E-state index contributed by atoms with van der Waals surface area (Å²) in [5.74, 6) is 0. The molecular weight excluding hydrogens is 220 g/mol. The third kappa shape index (κ3) is 1.93. The Kier molecular flexibility index (Phi) is 3.18. The lowest BCUT2D eigenvalue weighted by atomic mass is 9.81. The minimum atomic E-state index is 0.0486. The quantitative estimate of drug-likeness (QED) is 0.883. The fraction of sp³-hybridized carbons (Fsp3) is 0.625. The molecule has 0 saturated heterocycles. The van der Waals surface area contributed by atoms with E-state index in [2.05, 4.69) is 57.8 Å². The molecule has 0 heterocycles. The zero-order chi connectivity index (χ0) is 13.6. The highest BCUT2D eigenvalue weighted by Gasteiger charge is 2.54. The van der Waals surface area contributed by atoms with Crippen molar-refractivity contribution >= 4 is 5.69 Å². The minimum Gasteiger partial charge on any atom is -0.367 e. The molecular formula is C16H26N2. The lowest BCUT2D eigenvalue weighted by molar-refractivity contribution is 0.289. The zero-order valence-corrected chi connectivity index (χ0v) is 12.4. The van der Waals surface area contributed by atoms with Crippen molar-refractivity contribution in [2.45, 2.75) is 46.1 Å². The van der Waals surface area contributed by atoms with E-state index in [1.165, 1.54) is 29.7 Å². The van der Waals surface area contributed by atoms with Crippen molar-refractivity contribution < 1.29 is 0 Å². The van der Waals surface area contributed by atoms with Crippen LogP contribution in [0.2, 0.25) is 0 Å². The molecule has 1 unspecified atom stereocenters. The van der Waals surface area contributed by atoms with Gasteiger partial charge >= 0.3 is 0 Å². The Morgan fingerprint density at radius 3 is 2.39 bits per heavy atom. The van der Waals surface area contributed by atoms with Crippen LogP contribution in [-0.2, 0) is 0 Å². The highest BCUT2D eigenvalue weighted by Crippen LogP contribution is 2.56. The van der Waals surface area contributed by atoms with Crippen LogP contribution in [0.5, 0.6) is 0 Å². The number of hydrogen-bond acceptors (Lipinski definition) is 2. The van der Waals surface area contributed by atoms with E-state index in [1.807, 2.05) is 0 Å². The normalized spacial score (nSPS) is 20.3. The molecule has 2 rings (SSSR count). The van der Waals surface area contributed by atoms with Gasteiger partial charge in [-0.15, -0.1) is 0 Å².